The summed E-state index contributed by atoms with van der Waals surface area (Å²) in [7, 11) is 0. The fraction of sp³-hybridized carbons (Fsp3) is 0.143. The van der Waals surface area contributed by atoms with Crippen LogP contribution in [0.25, 0.3) is 0 Å². The van der Waals surface area contributed by atoms with Crippen molar-refractivity contribution in [3.05, 3.63) is 83.3 Å². The largest absolute Gasteiger partial charge is 0.423 e. The van der Waals surface area contributed by atoms with Crippen molar-refractivity contribution in [1.82, 2.24) is 14.8 Å². The lowest BCUT2D eigenvalue weighted by atomic mass is 9.93. The number of hydrogen-bond acceptors (Lipinski definition) is 6. The van der Waals surface area contributed by atoms with Gasteiger partial charge >= 0.3 is 5.97 Å². The van der Waals surface area contributed by atoms with Gasteiger partial charge in [0.05, 0.1) is 5.56 Å². The van der Waals surface area contributed by atoms with E-state index in [-0.39, 0.29) is 5.78 Å². The highest BCUT2D eigenvalue weighted by Gasteiger charge is 2.31. The average Bonchev–Trinajstić information content (AvgIpc) is 3.16. The van der Waals surface area contributed by atoms with Crippen LogP contribution in [0.5, 0.6) is 5.75 Å². The molecule has 1 aliphatic heterocycles. The summed E-state index contributed by atoms with van der Waals surface area (Å²) in [6, 6.07) is 15.5. The van der Waals surface area contributed by atoms with Crippen LogP contribution in [0.4, 0.5) is 5.95 Å². The summed E-state index contributed by atoms with van der Waals surface area (Å²) in [4.78, 5) is 28.7. The number of fused-ring (bicyclic) bond motifs is 1. The van der Waals surface area contributed by atoms with Gasteiger partial charge in [-0.1, -0.05) is 30.3 Å². The van der Waals surface area contributed by atoms with Crippen LogP contribution in [-0.4, -0.2) is 26.5 Å². The fourth-order valence-corrected chi connectivity index (χ4v) is 3.31. The number of Topliss-reactive ketones (excluding diaryl/α,β-unsaturated/α-hetero) is 1. The minimum Gasteiger partial charge on any atom is -0.423 e. The molecule has 0 saturated carbocycles. The van der Waals surface area contributed by atoms with Gasteiger partial charge in [-0.25, -0.2) is 9.48 Å². The molecule has 4 rings (SSSR count). The van der Waals surface area contributed by atoms with E-state index >= 15 is 0 Å². The van der Waals surface area contributed by atoms with E-state index in [0.29, 0.717) is 22.8 Å². The maximum atomic E-state index is 12.3. The van der Waals surface area contributed by atoms with E-state index in [2.05, 4.69) is 15.4 Å². The Balaban J connectivity index is 1.63. The van der Waals surface area contributed by atoms with Crippen LogP contribution in [0, 0.1) is 0 Å². The van der Waals surface area contributed by atoms with Gasteiger partial charge in [-0.3, -0.25) is 4.79 Å². The van der Waals surface area contributed by atoms with Crippen LogP contribution in [0.1, 0.15) is 35.8 Å². The number of allylic oxidation sites excluding steroid dienone is 2. The molecule has 0 amide bonds. The molecule has 0 aliphatic carbocycles. The smallest absolute Gasteiger partial charge is 0.343 e. The van der Waals surface area contributed by atoms with E-state index in [4.69, 9.17) is 4.74 Å². The van der Waals surface area contributed by atoms with Gasteiger partial charge in [-0.2, -0.15) is 10.1 Å². The van der Waals surface area contributed by atoms with Gasteiger partial charge in [-0.15, -0.1) is 0 Å². The number of anilines is 1. The molecule has 0 spiro atoms. The van der Waals surface area contributed by atoms with Crippen molar-refractivity contribution >= 4 is 17.7 Å². The summed E-state index contributed by atoms with van der Waals surface area (Å²) < 4.78 is 7.10. The number of aromatic nitrogens is 3. The van der Waals surface area contributed by atoms with Gasteiger partial charge < -0.3 is 10.1 Å². The summed E-state index contributed by atoms with van der Waals surface area (Å²) in [5.41, 5.74) is 2.69. The topological polar surface area (TPSA) is 86.1 Å². The Hall–Kier alpha value is -3.74. The molecule has 2 aromatic carbocycles. The third-order valence-corrected chi connectivity index (χ3v) is 4.59. The number of ether oxygens (including phenoxy) is 1. The van der Waals surface area contributed by atoms with E-state index in [1.807, 2.05) is 25.1 Å². The van der Waals surface area contributed by atoms with Gasteiger partial charge in [0, 0.05) is 11.3 Å². The molecule has 140 valence electrons. The first-order valence-electron chi connectivity index (χ1n) is 8.80. The summed E-state index contributed by atoms with van der Waals surface area (Å²) in [6.45, 7) is 3.38. The van der Waals surface area contributed by atoms with Crippen LogP contribution in [0.3, 0.4) is 0 Å². The number of nitrogens with one attached hydrogen (secondary N) is 1. The SMILES string of the molecule is CC(=O)C1=C(C)Nc2ncnn2[C@@H]1c1ccc(OC(=O)c2ccccc2)cc1. The van der Waals surface area contributed by atoms with E-state index in [1.54, 1.807) is 41.1 Å². The number of nitrogens with zero attached hydrogens (tertiary/aromatic N) is 3. The molecule has 1 aromatic heterocycles. The summed E-state index contributed by atoms with van der Waals surface area (Å²) >= 11 is 0. The average molecular weight is 374 g/mol. The number of hydrogen-bond donors (Lipinski definition) is 1. The second-order valence-corrected chi connectivity index (χ2v) is 6.48. The van der Waals surface area contributed by atoms with Crippen molar-refractivity contribution in [2.24, 2.45) is 0 Å². The Morgan fingerprint density at radius 2 is 1.79 bits per heavy atom. The fourth-order valence-electron chi connectivity index (χ4n) is 3.31. The van der Waals surface area contributed by atoms with Crippen molar-refractivity contribution in [1.29, 1.82) is 0 Å². The zero-order chi connectivity index (χ0) is 19.7. The molecule has 1 N–H and O–H groups in total. The van der Waals surface area contributed by atoms with Gasteiger partial charge in [0.25, 0.3) is 0 Å². The molecule has 0 saturated heterocycles. The molecular weight excluding hydrogens is 356 g/mol. The Morgan fingerprint density at radius 1 is 1.07 bits per heavy atom. The molecule has 7 heteroatoms. The molecule has 3 aromatic rings. The number of rotatable bonds is 4. The highest BCUT2D eigenvalue weighted by Crippen LogP contribution is 2.35. The number of carbonyl (C=O) groups is 2. The molecule has 1 atom stereocenters. The number of esters is 1. The summed E-state index contributed by atoms with van der Waals surface area (Å²) in [6.07, 6.45) is 1.45. The monoisotopic (exact) mass is 374 g/mol. The van der Waals surface area contributed by atoms with E-state index in [1.165, 1.54) is 13.3 Å². The Bertz CT molecular complexity index is 1070. The molecule has 0 bridgehead atoms. The molecule has 0 unspecified atom stereocenters. The van der Waals surface area contributed by atoms with Crippen molar-refractivity contribution in [2.75, 3.05) is 5.32 Å². The Kier molecular flexibility index (Phi) is 4.49. The molecule has 7 nitrogen and oxygen atoms in total. The third-order valence-electron chi connectivity index (χ3n) is 4.59. The Morgan fingerprint density at radius 3 is 2.46 bits per heavy atom. The molecule has 0 fully saturated rings. The lowest BCUT2D eigenvalue weighted by molar-refractivity contribution is -0.114. The first-order chi connectivity index (χ1) is 13.5. The van der Waals surface area contributed by atoms with Gasteiger partial charge in [-0.05, 0) is 43.7 Å². The van der Waals surface area contributed by atoms with Gasteiger partial charge in [0.1, 0.15) is 18.1 Å². The lowest BCUT2D eigenvalue weighted by Gasteiger charge is -2.28. The number of carbonyl (C=O) groups excluding carboxylic acids is 2. The minimum absolute atomic E-state index is 0.0456. The Labute approximate surface area is 161 Å². The quantitative estimate of drug-likeness (QED) is 0.557. The molecule has 1 aliphatic rings. The van der Waals surface area contributed by atoms with Crippen molar-refractivity contribution in [2.45, 2.75) is 19.9 Å². The highest BCUT2D eigenvalue weighted by molar-refractivity contribution is 5.96. The number of benzene rings is 2. The normalized spacial score (nSPS) is 15.6. The first kappa shape index (κ1) is 17.7. The van der Waals surface area contributed by atoms with Crippen molar-refractivity contribution < 1.29 is 14.3 Å². The van der Waals surface area contributed by atoms with Crippen LogP contribution in [-0.2, 0) is 4.79 Å². The van der Waals surface area contributed by atoms with Crippen LogP contribution in [0.15, 0.2) is 72.2 Å². The summed E-state index contributed by atoms with van der Waals surface area (Å²) in [5.74, 6) is 0.534. The van der Waals surface area contributed by atoms with E-state index < -0.39 is 12.0 Å². The summed E-state index contributed by atoms with van der Waals surface area (Å²) in [5, 5.41) is 7.37. The van der Waals surface area contributed by atoms with Crippen LogP contribution in [0.2, 0.25) is 0 Å². The molecule has 2 heterocycles. The molecular formula is C21H18N4O3. The van der Waals surface area contributed by atoms with E-state index in [9.17, 15) is 9.59 Å². The maximum Gasteiger partial charge on any atom is 0.343 e. The lowest BCUT2D eigenvalue weighted by Crippen LogP contribution is -2.27. The standard InChI is InChI=1S/C21H18N4O3/c1-13-18(14(2)26)19(25-21(24-13)22-12-23-25)15-8-10-17(11-9-15)28-20(27)16-6-4-3-5-7-16/h3-12,19H,1-2H3,(H,22,23,24)/t19-/m1/s1. The predicted molar refractivity (Wildman–Crippen MR) is 103 cm³/mol. The van der Waals surface area contributed by atoms with Gasteiger partial charge in [0.2, 0.25) is 5.95 Å². The first-order valence-corrected chi connectivity index (χ1v) is 8.80. The van der Waals surface area contributed by atoms with Crippen molar-refractivity contribution in [3.63, 3.8) is 0 Å². The third kappa shape index (κ3) is 3.18. The van der Waals surface area contributed by atoms with Crippen molar-refractivity contribution in [3.8, 4) is 5.75 Å². The minimum atomic E-state index is -0.422. The molecule has 28 heavy (non-hydrogen) atoms. The maximum absolute atomic E-state index is 12.3. The predicted octanol–water partition coefficient (Wildman–Crippen LogP) is 3.38. The second kappa shape index (κ2) is 7.11. The van der Waals surface area contributed by atoms with E-state index in [0.717, 1.165) is 11.3 Å². The van der Waals surface area contributed by atoms with Crippen LogP contribution >= 0.6 is 0 Å². The number of ketones is 1. The zero-order valence-electron chi connectivity index (χ0n) is 15.4. The molecule has 0 radical (unpaired) electrons. The zero-order valence-corrected chi connectivity index (χ0v) is 15.4. The highest BCUT2D eigenvalue weighted by atomic mass is 16.5. The second-order valence-electron chi connectivity index (χ2n) is 6.48. The van der Waals surface area contributed by atoms with Crippen LogP contribution < -0.4 is 10.1 Å². The van der Waals surface area contributed by atoms with Gasteiger partial charge in [0.15, 0.2) is 5.78 Å².